The van der Waals surface area contributed by atoms with E-state index < -0.39 is 0 Å². The molecule has 0 saturated carbocycles. The molecule has 1 heterocycles. The van der Waals surface area contributed by atoms with Crippen LogP contribution in [0.15, 0.2) is 77.8 Å². The predicted molar refractivity (Wildman–Crippen MR) is 131 cm³/mol. The third-order valence-corrected chi connectivity index (χ3v) is 6.94. The smallest absolute Gasteiger partial charge is 0.251 e. The summed E-state index contributed by atoms with van der Waals surface area (Å²) >= 11 is 13.9. The maximum absolute atomic E-state index is 12.4. The zero-order valence-electron chi connectivity index (χ0n) is 17.1. The van der Waals surface area contributed by atoms with Crippen molar-refractivity contribution in [2.75, 3.05) is 6.54 Å². The van der Waals surface area contributed by atoms with Crippen LogP contribution in [0.2, 0.25) is 10.0 Å². The number of carbonyl (C=O) groups is 1. The molecule has 4 aromatic rings. The van der Waals surface area contributed by atoms with Gasteiger partial charge in [0, 0.05) is 46.4 Å². The first-order valence-electron chi connectivity index (χ1n) is 10.0. The van der Waals surface area contributed by atoms with Gasteiger partial charge in [0.1, 0.15) is 0 Å². The van der Waals surface area contributed by atoms with Crippen molar-refractivity contribution in [3.8, 4) is 0 Å². The minimum absolute atomic E-state index is 0.0503. The van der Waals surface area contributed by atoms with Gasteiger partial charge < -0.3 is 9.88 Å². The van der Waals surface area contributed by atoms with Crippen molar-refractivity contribution in [2.45, 2.75) is 24.1 Å². The Kier molecular flexibility index (Phi) is 6.91. The van der Waals surface area contributed by atoms with Crippen LogP contribution >= 0.6 is 35.0 Å². The molecule has 158 valence electrons. The van der Waals surface area contributed by atoms with Crippen LogP contribution in [0.4, 0.5) is 0 Å². The van der Waals surface area contributed by atoms with Crippen molar-refractivity contribution in [3.05, 3.63) is 99.7 Å². The first kappa shape index (κ1) is 21.8. The highest BCUT2D eigenvalue weighted by Gasteiger charge is 2.10. The van der Waals surface area contributed by atoms with E-state index in [2.05, 4.69) is 34.3 Å². The summed E-state index contributed by atoms with van der Waals surface area (Å²) < 4.78 is 2.20. The Bertz CT molecular complexity index is 1220. The number of thioether (sulfide) groups is 1. The van der Waals surface area contributed by atoms with Gasteiger partial charge in [-0.05, 0) is 42.8 Å². The number of fused-ring (bicyclic) bond motifs is 1. The lowest BCUT2D eigenvalue weighted by Crippen LogP contribution is -2.27. The number of benzene rings is 3. The zero-order chi connectivity index (χ0) is 21.8. The monoisotopic (exact) mass is 468 g/mol. The molecule has 3 nitrogen and oxygen atoms in total. The zero-order valence-corrected chi connectivity index (χ0v) is 19.4. The van der Waals surface area contributed by atoms with E-state index in [1.807, 2.05) is 55.5 Å². The predicted octanol–water partition coefficient (Wildman–Crippen LogP) is 6.98. The van der Waals surface area contributed by atoms with Gasteiger partial charge in [-0.1, -0.05) is 65.2 Å². The Morgan fingerprint density at radius 3 is 2.55 bits per heavy atom. The third-order valence-electron chi connectivity index (χ3n) is 5.08. The Balaban J connectivity index is 1.44. The van der Waals surface area contributed by atoms with Gasteiger partial charge in [-0.25, -0.2) is 0 Å². The molecular formula is C25H22Cl2N2OS. The maximum Gasteiger partial charge on any atom is 0.251 e. The summed E-state index contributed by atoms with van der Waals surface area (Å²) in [5.74, 6) is 0.750. The third kappa shape index (κ3) is 5.27. The second-order valence-corrected chi connectivity index (χ2v) is 9.19. The van der Waals surface area contributed by atoms with E-state index in [4.69, 9.17) is 23.2 Å². The molecule has 0 spiro atoms. The van der Waals surface area contributed by atoms with E-state index in [1.54, 1.807) is 11.8 Å². The molecule has 0 bridgehead atoms. The molecule has 0 aliphatic rings. The number of rotatable bonds is 7. The number of aromatic nitrogens is 1. The van der Waals surface area contributed by atoms with Crippen molar-refractivity contribution in [2.24, 2.45) is 0 Å². The van der Waals surface area contributed by atoms with Gasteiger partial charge in [0.15, 0.2) is 0 Å². The molecule has 1 aromatic heterocycles. The van der Waals surface area contributed by atoms with Gasteiger partial charge in [-0.3, -0.25) is 4.79 Å². The fraction of sp³-hybridized carbons (Fsp3) is 0.160. The fourth-order valence-electron chi connectivity index (χ4n) is 3.40. The van der Waals surface area contributed by atoms with Crippen LogP contribution in [0.25, 0.3) is 10.9 Å². The highest BCUT2D eigenvalue weighted by molar-refractivity contribution is 7.98. The van der Waals surface area contributed by atoms with E-state index >= 15 is 0 Å². The average Bonchev–Trinajstić information content (AvgIpc) is 3.13. The molecule has 0 saturated heterocycles. The van der Waals surface area contributed by atoms with E-state index in [1.165, 1.54) is 10.3 Å². The Morgan fingerprint density at radius 1 is 1.00 bits per heavy atom. The van der Waals surface area contributed by atoms with Crippen LogP contribution in [0.1, 0.15) is 21.5 Å². The van der Waals surface area contributed by atoms with Crippen LogP contribution in [0.5, 0.6) is 0 Å². The number of halogens is 2. The van der Waals surface area contributed by atoms with Crippen LogP contribution in [-0.2, 0) is 12.3 Å². The molecule has 0 unspecified atom stereocenters. The number of carbonyl (C=O) groups excluding carboxylic acids is 1. The fourth-order valence-corrected chi connectivity index (χ4v) is 4.75. The molecule has 0 aliphatic heterocycles. The molecule has 31 heavy (non-hydrogen) atoms. The van der Waals surface area contributed by atoms with Crippen molar-refractivity contribution >= 4 is 51.8 Å². The Morgan fingerprint density at radius 2 is 1.77 bits per heavy atom. The van der Waals surface area contributed by atoms with Gasteiger partial charge in [0.25, 0.3) is 5.91 Å². The van der Waals surface area contributed by atoms with Crippen LogP contribution in [0, 0.1) is 6.92 Å². The average molecular weight is 469 g/mol. The number of nitrogens with one attached hydrogen (secondary N) is 1. The molecule has 0 aliphatic carbocycles. The molecule has 0 radical (unpaired) electrons. The van der Waals surface area contributed by atoms with E-state index in [-0.39, 0.29) is 5.91 Å². The second kappa shape index (κ2) is 9.82. The van der Waals surface area contributed by atoms with Gasteiger partial charge in [-0.15, -0.1) is 11.8 Å². The molecule has 1 N–H and O–H groups in total. The normalized spacial score (nSPS) is 11.1. The minimum atomic E-state index is -0.0503. The molecule has 0 fully saturated rings. The summed E-state index contributed by atoms with van der Waals surface area (Å²) in [7, 11) is 0. The topological polar surface area (TPSA) is 34.0 Å². The standard InChI is InChI=1S/C25H22Cl2N2OS/c1-17-6-9-19(10-7-17)25(30)28-12-13-29-15-24(20-4-2-3-5-23(20)29)31-16-18-8-11-21(26)22(27)14-18/h2-11,14-15H,12-13,16H2,1H3,(H,28,30). The number of hydrogen-bond donors (Lipinski definition) is 1. The summed E-state index contributed by atoms with van der Waals surface area (Å²) in [6.07, 6.45) is 2.16. The quantitative estimate of drug-likeness (QED) is 0.296. The first-order valence-corrected chi connectivity index (χ1v) is 11.7. The lowest BCUT2D eigenvalue weighted by molar-refractivity contribution is 0.0952. The van der Waals surface area contributed by atoms with Gasteiger partial charge in [-0.2, -0.15) is 0 Å². The maximum atomic E-state index is 12.4. The lowest BCUT2D eigenvalue weighted by atomic mass is 10.1. The molecule has 6 heteroatoms. The van der Waals surface area contributed by atoms with Crippen molar-refractivity contribution in [1.82, 2.24) is 9.88 Å². The van der Waals surface area contributed by atoms with Crippen molar-refractivity contribution in [3.63, 3.8) is 0 Å². The van der Waals surface area contributed by atoms with Crippen molar-refractivity contribution in [1.29, 1.82) is 0 Å². The van der Waals surface area contributed by atoms with Gasteiger partial charge in [0.05, 0.1) is 10.0 Å². The summed E-state index contributed by atoms with van der Waals surface area (Å²) in [5.41, 5.74) is 4.10. The Labute approximate surface area is 196 Å². The molecule has 4 rings (SSSR count). The number of nitrogens with zero attached hydrogens (tertiary/aromatic N) is 1. The largest absolute Gasteiger partial charge is 0.350 e. The van der Waals surface area contributed by atoms with E-state index in [9.17, 15) is 4.79 Å². The summed E-state index contributed by atoms with van der Waals surface area (Å²) in [6, 6.07) is 21.7. The SMILES string of the molecule is Cc1ccc(C(=O)NCCn2cc(SCc3ccc(Cl)c(Cl)c3)c3ccccc32)cc1. The second-order valence-electron chi connectivity index (χ2n) is 7.36. The molecule has 1 amide bonds. The number of hydrogen-bond acceptors (Lipinski definition) is 2. The van der Waals surface area contributed by atoms with Gasteiger partial charge in [0.2, 0.25) is 0 Å². The van der Waals surface area contributed by atoms with E-state index in [0.717, 1.165) is 22.4 Å². The minimum Gasteiger partial charge on any atom is -0.350 e. The Hall–Kier alpha value is -2.40. The van der Waals surface area contributed by atoms with Crippen LogP contribution in [-0.4, -0.2) is 17.0 Å². The van der Waals surface area contributed by atoms with E-state index in [0.29, 0.717) is 28.7 Å². The molecule has 3 aromatic carbocycles. The lowest BCUT2D eigenvalue weighted by Gasteiger charge is -2.08. The van der Waals surface area contributed by atoms with Crippen LogP contribution in [0.3, 0.4) is 0 Å². The molecular weight excluding hydrogens is 447 g/mol. The summed E-state index contributed by atoms with van der Waals surface area (Å²) in [5, 5.41) is 5.37. The van der Waals surface area contributed by atoms with Crippen LogP contribution < -0.4 is 5.32 Å². The highest BCUT2D eigenvalue weighted by Crippen LogP contribution is 2.33. The highest BCUT2D eigenvalue weighted by atomic mass is 35.5. The summed E-state index contributed by atoms with van der Waals surface area (Å²) in [6.45, 7) is 3.27. The van der Waals surface area contributed by atoms with Crippen molar-refractivity contribution < 1.29 is 4.79 Å². The first-order chi connectivity index (χ1) is 15.0. The molecule has 0 atom stereocenters. The number of para-hydroxylation sites is 1. The summed E-state index contributed by atoms with van der Waals surface area (Å²) in [4.78, 5) is 13.6. The van der Waals surface area contributed by atoms with Gasteiger partial charge >= 0.3 is 0 Å². The number of aryl methyl sites for hydroxylation is 1. The number of amides is 1.